The molecule has 0 saturated heterocycles. The van der Waals surface area contributed by atoms with Gasteiger partial charge >= 0.3 is 5.63 Å². The van der Waals surface area contributed by atoms with Gasteiger partial charge in [-0.15, -0.1) is 0 Å². The van der Waals surface area contributed by atoms with Crippen molar-refractivity contribution in [2.45, 2.75) is 0 Å². The van der Waals surface area contributed by atoms with Gasteiger partial charge in [-0.1, -0.05) is 30.3 Å². The Labute approximate surface area is 126 Å². The maximum absolute atomic E-state index is 11.8. The summed E-state index contributed by atoms with van der Waals surface area (Å²) >= 11 is 0. The fourth-order valence-corrected chi connectivity index (χ4v) is 2.34. The van der Waals surface area contributed by atoms with E-state index in [0.717, 1.165) is 5.56 Å². The van der Waals surface area contributed by atoms with Crippen molar-refractivity contribution in [1.29, 1.82) is 0 Å². The van der Waals surface area contributed by atoms with Gasteiger partial charge < -0.3 is 20.0 Å². The molecule has 0 unspecified atom stereocenters. The summed E-state index contributed by atoms with van der Waals surface area (Å²) in [6.07, 6.45) is 0. The van der Waals surface area contributed by atoms with Crippen molar-refractivity contribution in [2.24, 2.45) is 5.73 Å². The van der Waals surface area contributed by atoms with Crippen LogP contribution in [-0.4, -0.2) is 18.3 Å². The van der Waals surface area contributed by atoms with Crippen LogP contribution in [0.15, 0.2) is 57.7 Å². The van der Waals surface area contributed by atoms with Crippen LogP contribution in [0.1, 0.15) is 0 Å². The van der Waals surface area contributed by atoms with Crippen LogP contribution < -0.4 is 16.1 Å². The van der Waals surface area contributed by atoms with Gasteiger partial charge in [0.2, 0.25) is 5.75 Å². The quantitative estimate of drug-likeness (QED) is 0.723. The highest BCUT2D eigenvalue weighted by atomic mass is 16.5. The Kier molecular flexibility index (Phi) is 3.80. The van der Waals surface area contributed by atoms with Crippen LogP contribution in [0.4, 0.5) is 0 Å². The average molecular weight is 297 g/mol. The fourth-order valence-electron chi connectivity index (χ4n) is 2.34. The first kappa shape index (κ1) is 14.2. The molecule has 0 radical (unpaired) electrons. The molecule has 0 saturated carbocycles. The van der Waals surface area contributed by atoms with Crippen molar-refractivity contribution in [1.82, 2.24) is 0 Å². The number of ether oxygens (including phenoxy) is 1. The lowest BCUT2D eigenvalue weighted by molar-refractivity contribution is 0.308. The lowest BCUT2D eigenvalue weighted by atomic mass is 10.0. The molecule has 3 rings (SSSR count). The zero-order valence-corrected chi connectivity index (χ0v) is 11.8. The second-order valence-corrected chi connectivity index (χ2v) is 4.77. The molecular formula is C17H15NO4. The zero-order chi connectivity index (χ0) is 15.5. The summed E-state index contributed by atoms with van der Waals surface area (Å²) in [5.41, 5.74) is 6.54. The van der Waals surface area contributed by atoms with Gasteiger partial charge in [-0.3, -0.25) is 0 Å². The van der Waals surface area contributed by atoms with Crippen LogP contribution >= 0.6 is 0 Å². The van der Waals surface area contributed by atoms with Gasteiger partial charge in [0.05, 0.1) is 0 Å². The lowest BCUT2D eigenvalue weighted by Gasteiger charge is -2.10. The molecule has 5 nitrogen and oxygen atoms in total. The van der Waals surface area contributed by atoms with Gasteiger partial charge in [0.1, 0.15) is 6.61 Å². The number of benzene rings is 2. The molecule has 0 aliphatic heterocycles. The van der Waals surface area contributed by atoms with Crippen molar-refractivity contribution in [3.8, 4) is 22.6 Å². The van der Waals surface area contributed by atoms with Crippen molar-refractivity contribution >= 4 is 11.0 Å². The number of phenols is 1. The summed E-state index contributed by atoms with van der Waals surface area (Å²) < 4.78 is 10.5. The number of rotatable bonds is 4. The second kappa shape index (κ2) is 5.91. The van der Waals surface area contributed by atoms with Crippen molar-refractivity contribution < 1.29 is 14.3 Å². The first-order valence-electron chi connectivity index (χ1n) is 6.89. The largest absolute Gasteiger partial charge is 0.502 e. The molecule has 0 fully saturated rings. The number of phenolic OH excluding ortho intramolecular Hbond substituents is 1. The van der Waals surface area contributed by atoms with Crippen LogP contribution in [-0.2, 0) is 0 Å². The lowest BCUT2D eigenvalue weighted by Crippen LogP contribution is -2.10. The SMILES string of the molecule is NCCOc1ccc2c(-c3ccccc3)cc(=O)oc2c1O. The highest BCUT2D eigenvalue weighted by molar-refractivity contribution is 5.97. The molecule has 0 spiro atoms. The van der Waals surface area contributed by atoms with E-state index < -0.39 is 5.63 Å². The van der Waals surface area contributed by atoms with Crippen LogP contribution in [0, 0.1) is 0 Å². The van der Waals surface area contributed by atoms with Gasteiger partial charge in [0.25, 0.3) is 0 Å². The molecule has 0 amide bonds. The zero-order valence-electron chi connectivity index (χ0n) is 11.8. The average Bonchev–Trinajstić information content (AvgIpc) is 2.55. The van der Waals surface area contributed by atoms with Crippen LogP contribution in [0.2, 0.25) is 0 Å². The third kappa shape index (κ3) is 2.54. The van der Waals surface area contributed by atoms with E-state index in [1.807, 2.05) is 30.3 Å². The standard InChI is InChI=1S/C17H15NO4/c18-8-9-21-14-7-6-12-13(11-4-2-1-3-5-11)10-15(19)22-17(12)16(14)20/h1-7,10,20H,8-9,18H2. The van der Waals surface area contributed by atoms with Gasteiger partial charge in [0.15, 0.2) is 11.3 Å². The molecule has 3 N–H and O–H groups in total. The first-order valence-corrected chi connectivity index (χ1v) is 6.89. The summed E-state index contributed by atoms with van der Waals surface area (Å²) in [6, 6.07) is 14.3. The van der Waals surface area contributed by atoms with Gasteiger partial charge in [-0.05, 0) is 23.3 Å². The Morgan fingerprint density at radius 2 is 1.91 bits per heavy atom. The van der Waals surface area contributed by atoms with Gasteiger partial charge in [0, 0.05) is 18.0 Å². The molecule has 0 bridgehead atoms. The summed E-state index contributed by atoms with van der Waals surface area (Å²) in [5, 5.41) is 10.9. The minimum Gasteiger partial charge on any atom is -0.502 e. The second-order valence-electron chi connectivity index (χ2n) is 4.77. The molecule has 0 aliphatic rings. The number of nitrogens with two attached hydrogens (primary N) is 1. The fraction of sp³-hybridized carbons (Fsp3) is 0.118. The molecule has 2 aromatic carbocycles. The first-order chi connectivity index (χ1) is 10.7. The molecule has 22 heavy (non-hydrogen) atoms. The topological polar surface area (TPSA) is 85.7 Å². The highest BCUT2D eigenvalue weighted by Crippen LogP contribution is 2.37. The predicted molar refractivity (Wildman–Crippen MR) is 84.1 cm³/mol. The van der Waals surface area contributed by atoms with E-state index in [9.17, 15) is 9.90 Å². The molecule has 5 heteroatoms. The van der Waals surface area contributed by atoms with E-state index in [1.165, 1.54) is 6.07 Å². The summed E-state index contributed by atoms with van der Waals surface area (Å²) in [7, 11) is 0. The Hall–Kier alpha value is -2.79. The van der Waals surface area contributed by atoms with E-state index in [0.29, 0.717) is 17.5 Å². The molecule has 1 aromatic heterocycles. The van der Waals surface area contributed by atoms with Crippen molar-refractivity contribution in [2.75, 3.05) is 13.2 Å². The summed E-state index contributed by atoms with van der Waals surface area (Å²) in [4.78, 5) is 11.8. The van der Waals surface area contributed by atoms with E-state index in [-0.39, 0.29) is 23.7 Å². The summed E-state index contributed by atoms with van der Waals surface area (Å²) in [5.74, 6) is 0.0483. The van der Waals surface area contributed by atoms with E-state index in [2.05, 4.69) is 0 Å². The van der Waals surface area contributed by atoms with E-state index in [1.54, 1.807) is 12.1 Å². The molecule has 0 atom stereocenters. The minimum atomic E-state index is -0.530. The Bertz CT molecular complexity index is 856. The van der Waals surface area contributed by atoms with Gasteiger partial charge in [-0.2, -0.15) is 0 Å². The Balaban J connectivity index is 2.23. The Morgan fingerprint density at radius 3 is 2.64 bits per heavy atom. The van der Waals surface area contributed by atoms with Gasteiger partial charge in [-0.25, -0.2) is 4.79 Å². The number of hydrogen-bond acceptors (Lipinski definition) is 5. The predicted octanol–water partition coefficient (Wildman–Crippen LogP) is 2.50. The van der Waals surface area contributed by atoms with Crippen LogP contribution in [0.25, 0.3) is 22.1 Å². The number of hydrogen-bond donors (Lipinski definition) is 2. The van der Waals surface area contributed by atoms with Crippen molar-refractivity contribution in [3.63, 3.8) is 0 Å². The van der Waals surface area contributed by atoms with Crippen LogP contribution in [0.5, 0.6) is 11.5 Å². The van der Waals surface area contributed by atoms with E-state index >= 15 is 0 Å². The highest BCUT2D eigenvalue weighted by Gasteiger charge is 2.14. The maximum Gasteiger partial charge on any atom is 0.336 e. The molecule has 1 heterocycles. The third-order valence-electron chi connectivity index (χ3n) is 3.31. The van der Waals surface area contributed by atoms with E-state index in [4.69, 9.17) is 14.9 Å². The van der Waals surface area contributed by atoms with Crippen molar-refractivity contribution in [3.05, 3.63) is 59.0 Å². The minimum absolute atomic E-state index is 0.112. The molecular weight excluding hydrogens is 282 g/mol. The summed E-state index contributed by atoms with van der Waals surface area (Å²) in [6.45, 7) is 0.590. The third-order valence-corrected chi connectivity index (χ3v) is 3.31. The molecule has 112 valence electrons. The normalized spacial score (nSPS) is 10.8. The molecule has 3 aromatic rings. The number of fused-ring (bicyclic) bond motifs is 1. The number of aromatic hydroxyl groups is 1. The Morgan fingerprint density at radius 1 is 1.14 bits per heavy atom. The van der Waals surface area contributed by atoms with Crippen LogP contribution in [0.3, 0.4) is 0 Å². The monoisotopic (exact) mass is 297 g/mol. The smallest absolute Gasteiger partial charge is 0.336 e. The molecule has 0 aliphatic carbocycles. The maximum atomic E-state index is 11.8.